The minimum absolute atomic E-state index is 0.211. The van der Waals surface area contributed by atoms with Gasteiger partial charge in [-0.1, -0.05) is 140 Å². The van der Waals surface area contributed by atoms with Crippen LogP contribution in [0.5, 0.6) is 0 Å². The van der Waals surface area contributed by atoms with Crippen molar-refractivity contribution in [1.29, 1.82) is 0 Å². The fraction of sp³-hybridized carbons (Fsp3) is 0.235. The molecule has 176 valence electrons. The zero-order valence-electron chi connectivity index (χ0n) is 22.6. The van der Waals surface area contributed by atoms with Crippen molar-refractivity contribution >= 4 is 35.3 Å². The zero-order chi connectivity index (χ0) is 25.3. The maximum absolute atomic E-state index is 2.35. The van der Waals surface area contributed by atoms with Gasteiger partial charge in [-0.2, -0.15) is 0 Å². The van der Waals surface area contributed by atoms with Crippen molar-refractivity contribution in [3.8, 4) is 0 Å². The van der Waals surface area contributed by atoms with Gasteiger partial charge in [-0.05, 0) is 66.5 Å². The molecule has 0 aliphatic rings. The van der Waals surface area contributed by atoms with Gasteiger partial charge in [0.05, 0.1) is 0 Å². The Kier molecular flexibility index (Phi) is 7.17. The van der Waals surface area contributed by atoms with Gasteiger partial charge in [-0.15, -0.1) is 0 Å². The molecule has 0 fully saturated rings. The molecule has 0 unspecified atom stereocenters. The summed E-state index contributed by atoms with van der Waals surface area (Å²) < 4.78 is 0. The molecule has 4 aromatic carbocycles. The molecule has 0 aromatic heterocycles. The summed E-state index contributed by atoms with van der Waals surface area (Å²) in [5.41, 5.74) is 17.7. The Balaban J connectivity index is 1.93. The van der Waals surface area contributed by atoms with Crippen molar-refractivity contribution in [2.75, 3.05) is 0 Å². The first-order valence-electron chi connectivity index (χ1n) is 12.7. The van der Waals surface area contributed by atoms with Crippen LogP contribution in [-0.2, 0) is 0 Å². The first-order valence-corrected chi connectivity index (χ1v) is 12.7. The van der Waals surface area contributed by atoms with Crippen LogP contribution < -0.4 is 16.4 Å². The average Bonchev–Trinajstić information content (AvgIpc) is 2.76. The summed E-state index contributed by atoms with van der Waals surface area (Å²) in [6, 6.07) is 24.6. The van der Waals surface area contributed by atoms with Crippen molar-refractivity contribution in [2.24, 2.45) is 0 Å². The lowest BCUT2D eigenvalue weighted by molar-refractivity contribution is 1.33. The van der Waals surface area contributed by atoms with Crippen molar-refractivity contribution in [3.05, 3.63) is 122 Å². The van der Waals surface area contributed by atoms with Gasteiger partial charge in [-0.3, -0.25) is 0 Å². The summed E-state index contributed by atoms with van der Waals surface area (Å²) in [5, 5.41) is 0. The molecule has 0 radical (unpaired) electrons. The fourth-order valence-corrected chi connectivity index (χ4v) is 6.04. The Morgan fingerprint density at radius 2 is 0.771 bits per heavy atom. The molecule has 0 saturated heterocycles. The third-order valence-electron chi connectivity index (χ3n) is 7.23. The second kappa shape index (κ2) is 10.1. The van der Waals surface area contributed by atoms with Gasteiger partial charge in [0.1, 0.15) is 0 Å². The highest BCUT2D eigenvalue weighted by Crippen LogP contribution is 2.17. The first-order chi connectivity index (χ1) is 16.7. The smallest absolute Gasteiger partial charge is 0.0629 e. The molecule has 0 bridgehead atoms. The number of aryl methyl sites for hydroxylation is 8. The lowest BCUT2D eigenvalue weighted by Crippen LogP contribution is -2.57. The van der Waals surface area contributed by atoms with E-state index in [1.807, 2.05) is 0 Å². The van der Waals surface area contributed by atoms with Gasteiger partial charge in [-0.25, -0.2) is 0 Å². The summed E-state index contributed by atoms with van der Waals surface area (Å²) >= 11 is 0. The molecular weight excluding hydrogens is 419 g/mol. The minimum atomic E-state index is 0.211. The van der Waals surface area contributed by atoms with Crippen LogP contribution in [0.3, 0.4) is 0 Å². The molecule has 4 rings (SSSR count). The highest BCUT2D eigenvalue weighted by molar-refractivity contribution is 6.97. The Morgan fingerprint density at radius 3 is 1.17 bits per heavy atom. The molecule has 0 atom stereocenters. The van der Waals surface area contributed by atoms with Crippen molar-refractivity contribution in [2.45, 2.75) is 55.4 Å². The van der Waals surface area contributed by atoms with Gasteiger partial charge in [0.25, 0.3) is 0 Å². The third kappa shape index (κ3) is 5.20. The van der Waals surface area contributed by atoms with E-state index in [2.05, 4.69) is 134 Å². The number of benzene rings is 4. The van der Waals surface area contributed by atoms with E-state index in [0.717, 1.165) is 0 Å². The van der Waals surface area contributed by atoms with Gasteiger partial charge in [0, 0.05) is 0 Å². The first kappa shape index (κ1) is 24.8. The SMILES string of the molecule is Cc1cc(C)c(B(c2c(C)cc(C)cc2C)c2c(C)cc(C=Cc3ccccc3)cc2C)c(C)c1. The van der Waals surface area contributed by atoms with E-state index < -0.39 is 0 Å². The van der Waals surface area contributed by atoms with E-state index in [-0.39, 0.29) is 6.71 Å². The Morgan fingerprint density at radius 1 is 0.429 bits per heavy atom. The molecular formula is C34H37B. The predicted molar refractivity (Wildman–Crippen MR) is 157 cm³/mol. The monoisotopic (exact) mass is 456 g/mol. The summed E-state index contributed by atoms with van der Waals surface area (Å²) in [5.74, 6) is 0. The Labute approximate surface area is 212 Å². The van der Waals surface area contributed by atoms with Crippen LogP contribution in [0.25, 0.3) is 12.2 Å². The number of hydrogen-bond acceptors (Lipinski definition) is 0. The van der Waals surface area contributed by atoms with E-state index in [1.165, 1.54) is 72.0 Å². The fourth-order valence-electron chi connectivity index (χ4n) is 6.04. The van der Waals surface area contributed by atoms with Gasteiger partial charge >= 0.3 is 0 Å². The van der Waals surface area contributed by atoms with Crippen LogP contribution in [0.2, 0.25) is 0 Å². The highest BCUT2D eigenvalue weighted by Gasteiger charge is 2.30. The molecule has 0 heterocycles. The standard InChI is InChI=1S/C34H37B/c1-22-16-24(3)32(25(4)17-22)35(33-26(5)18-23(2)19-27(33)6)34-28(7)20-31(21-29(34)8)15-14-30-12-10-9-11-13-30/h9-21H,1-8H3. The topological polar surface area (TPSA) is 0 Å². The molecule has 0 spiro atoms. The molecule has 0 saturated carbocycles. The van der Waals surface area contributed by atoms with Crippen molar-refractivity contribution in [1.82, 2.24) is 0 Å². The van der Waals surface area contributed by atoms with Crippen LogP contribution in [0.4, 0.5) is 0 Å². The van der Waals surface area contributed by atoms with Crippen LogP contribution in [0, 0.1) is 55.4 Å². The number of hydrogen-bond donors (Lipinski definition) is 0. The van der Waals surface area contributed by atoms with Crippen molar-refractivity contribution in [3.63, 3.8) is 0 Å². The Hall–Kier alpha value is -3.32. The van der Waals surface area contributed by atoms with Gasteiger partial charge in [0.2, 0.25) is 6.71 Å². The quantitative estimate of drug-likeness (QED) is 0.228. The van der Waals surface area contributed by atoms with E-state index in [4.69, 9.17) is 0 Å². The minimum Gasteiger partial charge on any atom is -0.0629 e. The van der Waals surface area contributed by atoms with E-state index >= 15 is 0 Å². The van der Waals surface area contributed by atoms with E-state index in [1.54, 1.807) is 0 Å². The molecule has 1 heteroatoms. The normalized spacial score (nSPS) is 11.3. The molecule has 35 heavy (non-hydrogen) atoms. The largest absolute Gasteiger partial charge is 0.243 e. The van der Waals surface area contributed by atoms with E-state index in [0.29, 0.717) is 0 Å². The summed E-state index contributed by atoms with van der Waals surface area (Å²) in [7, 11) is 0. The van der Waals surface area contributed by atoms with Crippen LogP contribution in [-0.4, -0.2) is 6.71 Å². The lowest BCUT2D eigenvalue weighted by atomic mass is 9.33. The molecule has 0 nitrogen and oxygen atoms in total. The molecule has 0 aliphatic carbocycles. The summed E-state index contributed by atoms with van der Waals surface area (Å²) in [6.45, 7) is 18.3. The van der Waals surface area contributed by atoms with E-state index in [9.17, 15) is 0 Å². The maximum atomic E-state index is 2.35. The Bertz CT molecular complexity index is 1280. The average molecular weight is 456 g/mol. The molecule has 4 aromatic rings. The zero-order valence-corrected chi connectivity index (χ0v) is 22.6. The summed E-state index contributed by atoms with van der Waals surface area (Å²) in [6.07, 6.45) is 4.44. The third-order valence-corrected chi connectivity index (χ3v) is 7.23. The molecule has 0 aliphatic heterocycles. The summed E-state index contributed by atoms with van der Waals surface area (Å²) in [4.78, 5) is 0. The predicted octanol–water partition coefficient (Wildman–Crippen LogP) is 6.84. The molecule has 0 amide bonds. The second-order valence-corrected chi connectivity index (χ2v) is 10.4. The molecule has 0 N–H and O–H groups in total. The second-order valence-electron chi connectivity index (χ2n) is 10.4. The van der Waals surface area contributed by atoms with Crippen molar-refractivity contribution < 1.29 is 0 Å². The van der Waals surface area contributed by atoms with Crippen LogP contribution >= 0.6 is 0 Å². The number of rotatable bonds is 5. The highest BCUT2D eigenvalue weighted by atomic mass is 14.1. The maximum Gasteiger partial charge on any atom is 0.243 e. The van der Waals surface area contributed by atoms with Gasteiger partial charge < -0.3 is 0 Å². The van der Waals surface area contributed by atoms with Gasteiger partial charge in [0.15, 0.2) is 0 Å². The van der Waals surface area contributed by atoms with Crippen LogP contribution in [0.1, 0.15) is 55.6 Å². The lowest BCUT2D eigenvalue weighted by Gasteiger charge is -2.27. The van der Waals surface area contributed by atoms with Crippen LogP contribution in [0.15, 0.2) is 66.7 Å².